The number of rotatable bonds is 5. The summed E-state index contributed by atoms with van der Waals surface area (Å²) in [7, 11) is 0. The van der Waals surface area contributed by atoms with Crippen molar-refractivity contribution in [2.75, 3.05) is 6.61 Å². The second-order valence-electron chi connectivity index (χ2n) is 4.97. The smallest absolute Gasteiger partial charge is 0.194 e. The minimum Gasteiger partial charge on any atom is -0.493 e. The van der Waals surface area contributed by atoms with E-state index in [0.717, 1.165) is 34.0 Å². The first kappa shape index (κ1) is 15.8. The first-order valence-corrected chi connectivity index (χ1v) is 8.41. The van der Waals surface area contributed by atoms with E-state index in [0.29, 0.717) is 17.3 Å². The summed E-state index contributed by atoms with van der Waals surface area (Å²) < 4.78 is 7.48. The number of aldehydes is 1. The minimum atomic E-state index is 0.567. The summed E-state index contributed by atoms with van der Waals surface area (Å²) in [5.74, 6) is 0.759. The molecule has 118 valence electrons. The summed E-state index contributed by atoms with van der Waals surface area (Å²) in [5, 5.41) is 3.34. The van der Waals surface area contributed by atoms with E-state index in [1.807, 2.05) is 43.6 Å². The molecule has 0 N–H and O–H groups in total. The Morgan fingerprint density at radius 2 is 2.26 bits per heavy atom. The lowest BCUT2D eigenvalue weighted by molar-refractivity contribution is 0.111. The highest BCUT2D eigenvalue weighted by molar-refractivity contribution is 7.12. The van der Waals surface area contributed by atoms with E-state index in [2.05, 4.69) is 4.98 Å². The molecule has 0 spiro atoms. The molecule has 3 aromatic rings. The van der Waals surface area contributed by atoms with Crippen LogP contribution in [-0.2, 0) is 0 Å². The van der Waals surface area contributed by atoms with Crippen LogP contribution in [0.25, 0.3) is 16.4 Å². The highest BCUT2D eigenvalue weighted by Crippen LogP contribution is 2.36. The van der Waals surface area contributed by atoms with Gasteiger partial charge in [-0.05, 0) is 43.7 Å². The standard InChI is InChI=1S/C17H15ClN2O2S/c1-3-22-16-7-11(2)14(18)8-13(16)15-10-23-17(19-15)20-6-4-5-12(20)9-21/h4-10H,3H2,1-2H3. The van der Waals surface area contributed by atoms with Gasteiger partial charge in [0.05, 0.1) is 18.0 Å². The van der Waals surface area contributed by atoms with E-state index in [9.17, 15) is 4.79 Å². The van der Waals surface area contributed by atoms with Crippen molar-refractivity contribution in [2.45, 2.75) is 13.8 Å². The first-order chi connectivity index (χ1) is 11.1. The van der Waals surface area contributed by atoms with Crippen LogP contribution in [0.2, 0.25) is 5.02 Å². The van der Waals surface area contributed by atoms with Gasteiger partial charge in [0.25, 0.3) is 0 Å². The van der Waals surface area contributed by atoms with E-state index in [4.69, 9.17) is 16.3 Å². The van der Waals surface area contributed by atoms with Gasteiger partial charge in [-0.15, -0.1) is 11.3 Å². The number of hydrogen-bond acceptors (Lipinski definition) is 4. The third-order valence-electron chi connectivity index (χ3n) is 3.44. The Hall–Kier alpha value is -2.11. The molecule has 0 atom stereocenters. The number of carbonyl (C=O) groups excluding carboxylic acids is 1. The molecule has 0 aliphatic rings. The quantitative estimate of drug-likeness (QED) is 0.625. The number of carbonyl (C=O) groups is 1. The molecule has 1 aromatic carbocycles. The van der Waals surface area contributed by atoms with Crippen LogP contribution < -0.4 is 4.74 Å². The van der Waals surface area contributed by atoms with Crippen LogP contribution in [0.15, 0.2) is 35.8 Å². The molecule has 0 fully saturated rings. The predicted molar refractivity (Wildman–Crippen MR) is 93.2 cm³/mol. The molecule has 0 amide bonds. The summed E-state index contributed by atoms with van der Waals surface area (Å²) in [6.45, 7) is 4.45. The zero-order chi connectivity index (χ0) is 16.4. The molecule has 0 radical (unpaired) electrons. The fraction of sp³-hybridized carbons (Fsp3) is 0.176. The Bertz CT molecular complexity index is 854. The van der Waals surface area contributed by atoms with Crippen LogP contribution in [0.3, 0.4) is 0 Å². The van der Waals surface area contributed by atoms with E-state index < -0.39 is 0 Å². The number of nitrogens with zero attached hydrogens (tertiary/aromatic N) is 2. The van der Waals surface area contributed by atoms with Crippen molar-refractivity contribution >= 4 is 29.2 Å². The third kappa shape index (κ3) is 3.02. The average molecular weight is 347 g/mol. The van der Waals surface area contributed by atoms with E-state index in [-0.39, 0.29) is 0 Å². The summed E-state index contributed by atoms with van der Waals surface area (Å²) in [6.07, 6.45) is 2.63. The molecule has 6 heteroatoms. The normalized spacial score (nSPS) is 10.7. The fourth-order valence-electron chi connectivity index (χ4n) is 2.29. The van der Waals surface area contributed by atoms with Crippen LogP contribution in [0.1, 0.15) is 23.0 Å². The topological polar surface area (TPSA) is 44.1 Å². The highest BCUT2D eigenvalue weighted by atomic mass is 35.5. The van der Waals surface area contributed by atoms with Gasteiger partial charge in [0.15, 0.2) is 11.4 Å². The lowest BCUT2D eigenvalue weighted by Gasteiger charge is -2.11. The Morgan fingerprint density at radius 1 is 1.43 bits per heavy atom. The SMILES string of the molecule is CCOc1cc(C)c(Cl)cc1-c1csc(-n2cccc2C=O)n1. The number of benzene rings is 1. The second kappa shape index (κ2) is 6.56. The molecular weight excluding hydrogens is 332 g/mol. The maximum Gasteiger partial charge on any atom is 0.194 e. The summed E-state index contributed by atoms with van der Waals surface area (Å²) in [6, 6.07) is 7.37. The Kier molecular flexibility index (Phi) is 4.50. The van der Waals surface area contributed by atoms with Gasteiger partial charge in [-0.3, -0.25) is 9.36 Å². The third-order valence-corrected chi connectivity index (χ3v) is 4.68. The molecule has 3 rings (SSSR count). The lowest BCUT2D eigenvalue weighted by atomic mass is 10.1. The van der Waals surface area contributed by atoms with Gasteiger partial charge in [-0.2, -0.15) is 0 Å². The van der Waals surface area contributed by atoms with Gasteiger partial charge in [0.2, 0.25) is 0 Å². The zero-order valence-corrected chi connectivity index (χ0v) is 14.3. The second-order valence-corrected chi connectivity index (χ2v) is 6.21. The van der Waals surface area contributed by atoms with Crippen molar-refractivity contribution in [3.63, 3.8) is 0 Å². The number of aryl methyl sites for hydroxylation is 1. The van der Waals surface area contributed by atoms with E-state index in [1.54, 1.807) is 10.6 Å². The Morgan fingerprint density at radius 3 is 3.00 bits per heavy atom. The molecule has 0 aliphatic heterocycles. The lowest BCUT2D eigenvalue weighted by Crippen LogP contribution is -1.98. The number of hydrogen-bond donors (Lipinski definition) is 0. The Balaban J connectivity index is 2.07. The molecular formula is C17H15ClN2O2S. The molecule has 4 nitrogen and oxygen atoms in total. The van der Waals surface area contributed by atoms with Gasteiger partial charge in [-0.25, -0.2) is 4.98 Å². The number of ether oxygens (including phenoxy) is 1. The van der Waals surface area contributed by atoms with Crippen molar-refractivity contribution in [1.82, 2.24) is 9.55 Å². The number of thiazole rings is 1. The van der Waals surface area contributed by atoms with Crippen LogP contribution in [-0.4, -0.2) is 22.4 Å². The van der Waals surface area contributed by atoms with Gasteiger partial charge in [0, 0.05) is 22.2 Å². The summed E-state index contributed by atoms with van der Waals surface area (Å²) >= 11 is 7.72. The number of aromatic nitrogens is 2. The van der Waals surface area contributed by atoms with Crippen LogP contribution >= 0.6 is 22.9 Å². The maximum atomic E-state index is 11.1. The molecule has 2 heterocycles. The van der Waals surface area contributed by atoms with Crippen molar-refractivity contribution < 1.29 is 9.53 Å². The Labute approximate surface area is 143 Å². The summed E-state index contributed by atoms with van der Waals surface area (Å²) in [4.78, 5) is 15.7. The van der Waals surface area contributed by atoms with E-state index >= 15 is 0 Å². The molecule has 23 heavy (non-hydrogen) atoms. The van der Waals surface area contributed by atoms with Gasteiger partial charge in [0.1, 0.15) is 5.75 Å². The molecule has 0 saturated heterocycles. The van der Waals surface area contributed by atoms with Gasteiger partial charge >= 0.3 is 0 Å². The van der Waals surface area contributed by atoms with Crippen LogP contribution in [0.5, 0.6) is 5.75 Å². The monoisotopic (exact) mass is 346 g/mol. The van der Waals surface area contributed by atoms with Crippen molar-refractivity contribution in [1.29, 1.82) is 0 Å². The van der Waals surface area contributed by atoms with Gasteiger partial charge in [-0.1, -0.05) is 11.6 Å². The molecule has 0 aliphatic carbocycles. The van der Waals surface area contributed by atoms with Crippen molar-refractivity contribution in [2.24, 2.45) is 0 Å². The van der Waals surface area contributed by atoms with Crippen LogP contribution in [0, 0.1) is 6.92 Å². The molecule has 2 aromatic heterocycles. The maximum absolute atomic E-state index is 11.1. The average Bonchev–Trinajstić information content (AvgIpc) is 3.19. The number of halogens is 1. The molecule has 0 bridgehead atoms. The molecule has 0 saturated carbocycles. The highest BCUT2D eigenvalue weighted by Gasteiger charge is 2.14. The van der Waals surface area contributed by atoms with Gasteiger partial charge < -0.3 is 4.74 Å². The van der Waals surface area contributed by atoms with Crippen LogP contribution in [0.4, 0.5) is 0 Å². The van der Waals surface area contributed by atoms with Crippen molar-refractivity contribution in [3.8, 4) is 22.1 Å². The fourth-order valence-corrected chi connectivity index (χ4v) is 3.28. The zero-order valence-electron chi connectivity index (χ0n) is 12.7. The molecule has 0 unspecified atom stereocenters. The summed E-state index contributed by atoms with van der Waals surface area (Å²) in [5.41, 5.74) is 3.16. The van der Waals surface area contributed by atoms with Crippen molar-refractivity contribution in [3.05, 3.63) is 52.1 Å². The first-order valence-electron chi connectivity index (χ1n) is 7.15. The minimum absolute atomic E-state index is 0.567. The largest absolute Gasteiger partial charge is 0.493 e. The predicted octanol–water partition coefficient (Wildman–Crippen LogP) is 4.77. The van der Waals surface area contributed by atoms with E-state index in [1.165, 1.54) is 11.3 Å².